The summed E-state index contributed by atoms with van der Waals surface area (Å²) < 4.78 is 0. The van der Waals surface area contributed by atoms with Gasteiger partial charge in [0.05, 0.1) is 11.1 Å². The number of fused-ring (bicyclic) bond motifs is 1. The molecule has 5 rings (SSSR count). The number of benzene rings is 1. The molecule has 1 N–H and O–H groups in total. The Morgan fingerprint density at radius 3 is 2.81 bits per heavy atom. The molecule has 0 unspecified atom stereocenters. The minimum Gasteiger partial charge on any atom is -0.338 e. The van der Waals surface area contributed by atoms with Crippen molar-refractivity contribution < 1.29 is 4.79 Å². The number of likely N-dealkylation sites (tertiary alicyclic amines) is 1. The lowest BCUT2D eigenvalue weighted by atomic mass is 9.94. The van der Waals surface area contributed by atoms with Gasteiger partial charge in [-0.2, -0.15) is 5.10 Å². The maximum atomic E-state index is 13.4. The first-order chi connectivity index (χ1) is 12.8. The van der Waals surface area contributed by atoms with Crippen molar-refractivity contribution in [2.24, 2.45) is 0 Å². The number of H-pyrrole nitrogens is 1. The van der Waals surface area contributed by atoms with Gasteiger partial charge in [0, 0.05) is 47.9 Å². The summed E-state index contributed by atoms with van der Waals surface area (Å²) in [5.74, 6) is 1.01. The average molecular weight is 346 g/mol. The zero-order valence-corrected chi connectivity index (χ0v) is 14.7. The molecule has 3 aromatic rings. The Morgan fingerprint density at radius 2 is 2.00 bits per heavy atom. The van der Waals surface area contributed by atoms with Crippen molar-refractivity contribution in [3.63, 3.8) is 0 Å². The van der Waals surface area contributed by atoms with E-state index in [-0.39, 0.29) is 5.91 Å². The van der Waals surface area contributed by atoms with Crippen LogP contribution in [-0.4, -0.2) is 39.1 Å². The maximum Gasteiger partial charge on any atom is 0.254 e. The lowest BCUT2D eigenvalue weighted by molar-refractivity contribution is 0.0707. The van der Waals surface area contributed by atoms with Crippen molar-refractivity contribution in [1.29, 1.82) is 0 Å². The number of pyridine rings is 1. The number of nitrogens with one attached hydrogen (secondary N) is 1. The van der Waals surface area contributed by atoms with Crippen molar-refractivity contribution in [2.75, 3.05) is 13.1 Å². The molecule has 0 radical (unpaired) electrons. The molecular weight excluding hydrogens is 324 g/mol. The van der Waals surface area contributed by atoms with Gasteiger partial charge in [0.1, 0.15) is 0 Å². The standard InChI is InChI=1S/C21H22N4O/c26-21(25-11-3-4-15(13-25)18-9-10-22-24-18)17-12-20(14-7-8-14)23-19-6-2-1-5-16(17)19/h1-2,5-6,9-10,12,14-15H,3-4,7-8,11,13H2,(H,22,24)/t15-/m0/s1. The van der Waals surface area contributed by atoms with E-state index in [0.29, 0.717) is 11.8 Å². The Balaban J connectivity index is 1.49. The lowest BCUT2D eigenvalue weighted by Crippen LogP contribution is -2.39. The summed E-state index contributed by atoms with van der Waals surface area (Å²) in [4.78, 5) is 20.2. The number of aromatic amines is 1. The van der Waals surface area contributed by atoms with Crippen LogP contribution in [0.4, 0.5) is 0 Å². The lowest BCUT2D eigenvalue weighted by Gasteiger charge is -2.32. The highest BCUT2D eigenvalue weighted by atomic mass is 16.2. The summed E-state index contributed by atoms with van der Waals surface area (Å²) in [6, 6.07) is 12.1. The monoisotopic (exact) mass is 346 g/mol. The fraction of sp³-hybridized carbons (Fsp3) is 0.381. The van der Waals surface area contributed by atoms with Crippen LogP contribution in [0.1, 0.15) is 59.3 Å². The molecule has 1 aliphatic heterocycles. The first-order valence-electron chi connectivity index (χ1n) is 9.48. The second-order valence-corrected chi connectivity index (χ2v) is 7.49. The Bertz CT molecular complexity index is 946. The summed E-state index contributed by atoms with van der Waals surface area (Å²) in [5, 5.41) is 8.10. The number of hydrogen-bond donors (Lipinski definition) is 1. The highest BCUT2D eigenvalue weighted by Gasteiger charge is 2.30. The molecule has 1 amide bonds. The molecule has 5 nitrogen and oxygen atoms in total. The fourth-order valence-corrected chi connectivity index (χ4v) is 4.04. The molecule has 2 fully saturated rings. The van der Waals surface area contributed by atoms with Gasteiger partial charge in [-0.05, 0) is 43.9 Å². The molecule has 2 aliphatic rings. The van der Waals surface area contributed by atoms with Crippen molar-refractivity contribution in [3.8, 4) is 0 Å². The first kappa shape index (κ1) is 15.6. The average Bonchev–Trinajstić information content (AvgIpc) is 3.40. The minimum atomic E-state index is 0.134. The van der Waals surface area contributed by atoms with Crippen LogP contribution < -0.4 is 0 Å². The molecule has 26 heavy (non-hydrogen) atoms. The molecule has 2 aromatic heterocycles. The number of piperidine rings is 1. The SMILES string of the molecule is O=C(c1cc(C2CC2)nc2ccccc12)N1CCC[C@H](c2ccn[nH]2)C1. The van der Waals surface area contributed by atoms with Gasteiger partial charge in [-0.1, -0.05) is 18.2 Å². The van der Waals surface area contributed by atoms with Crippen LogP contribution in [0.5, 0.6) is 0 Å². The zero-order valence-electron chi connectivity index (χ0n) is 14.7. The van der Waals surface area contributed by atoms with E-state index in [4.69, 9.17) is 4.98 Å². The molecule has 1 aromatic carbocycles. The smallest absolute Gasteiger partial charge is 0.254 e. The highest BCUT2D eigenvalue weighted by Crippen LogP contribution is 2.40. The molecule has 1 saturated heterocycles. The molecule has 1 saturated carbocycles. The summed E-state index contributed by atoms with van der Waals surface area (Å²) in [6.45, 7) is 1.56. The number of nitrogens with zero attached hydrogens (tertiary/aromatic N) is 3. The van der Waals surface area contributed by atoms with Crippen LogP contribution in [-0.2, 0) is 0 Å². The summed E-state index contributed by atoms with van der Waals surface area (Å²) in [5.41, 5.74) is 3.94. The van der Waals surface area contributed by atoms with E-state index in [1.807, 2.05) is 41.3 Å². The van der Waals surface area contributed by atoms with E-state index in [1.165, 1.54) is 12.8 Å². The number of amides is 1. The Morgan fingerprint density at radius 1 is 1.12 bits per heavy atom. The minimum absolute atomic E-state index is 0.134. The van der Waals surface area contributed by atoms with Crippen LogP contribution in [0.2, 0.25) is 0 Å². The molecule has 1 aliphatic carbocycles. The molecule has 0 spiro atoms. The van der Waals surface area contributed by atoms with E-state index in [0.717, 1.165) is 53.8 Å². The molecule has 132 valence electrons. The van der Waals surface area contributed by atoms with Crippen LogP contribution in [0.3, 0.4) is 0 Å². The number of aromatic nitrogens is 3. The van der Waals surface area contributed by atoms with Crippen molar-refractivity contribution in [2.45, 2.75) is 37.5 Å². The maximum absolute atomic E-state index is 13.4. The van der Waals surface area contributed by atoms with E-state index in [9.17, 15) is 4.79 Å². The molecule has 3 heterocycles. The predicted octanol–water partition coefficient (Wildman–Crippen LogP) is 3.86. The van der Waals surface area contributed by atoms with Gasteiger partial charge in [-0.25, -0.2) is 0 Å². The summed E-state index contributed by atoms with van der Waals surface area (Å²) in [6.07, 6.45) is 6.27. The van der Waals surface area contributed by atoms with Gasteiger partial charge >= 0.3 is 0 Å². The second-order valence-electron chi connectivity index (χ2n) is 7.49. The topological polar surface area (TPSA) is 61.9 Å². The Labute approximate surface area is 152 Å². The van der Waals surface area contributed by atoms with Crippen LogP contribution >= 0.6 is 0 Å². The third kappa shape index (κ3) is 2.77. The van der Waals surface area contributed by atoms with Crippen molar-refractivity contribution >= 4 is 16.8 Å². The van der Waals surface area contributed by atoms with E-state index >= 15 is 0 Å². The number of hydrogen-bond acceptors (Lipinski definition) is 3. The van der Waals surface area contributed by atoms with E-state index in [2.05, 4.69) is 10.2 Å². The van der Waals surface area contributed by atoms with Crippen molar-refractivity contribution in [1.82, 2.24) is 20.1 Å². The van der Waals surface area contributed by atoms with E-state index in [1.54, 1.807) is 6.20 Å². The van der Waals surface area contributed by atoms with Gasteiger partial charge in [0.25, 0.3) is 5.91 Å². The van der Waals surface area contributed by atoms with Crippen LogP contribution in [0, 0.1) is 0 Å². The largest absolute Gasteiger partial charge is 0.338 e. The molecule has 0 bridgehead atoms. The molecular formula is C21H22N4O. The van der Waals surface area contributed by atoms with Gasteiger partial charge in [-0.15, -0.1) is 0 Å². The van der Waals surface area contributed by atoms with E-state index < -0.39 is 0 Å². The highest BCUT2D eigenvalue weighted by molar-refractivity contribution is 6.06. The van der Waals surface area contributed by atoms with Gasteiger partial charge in [-0.3, -0.25) is 14.9 Å². The number of carbonyl (C=O) groups is 1. The first-order valence-corrected chi connectivity index (χ1v) is 9.48. The fourth-order valence-electron chi connectivity index (χ4n) is 4.04. The number of para-hydroxylation sites is 1. The van der Waals surface area contributed by atoms with Gasteiger partial charge in [0.15, 0.2) is 0 Å². The quantitative estimate of drug-likeness (QED) is 0.783. The summed E-state index contributed by atoms with van der Waals surface area (Å²) in [7, 11) is 0. The van der Waals surface area contributed by atoms with Crippen molar-refractivity contribution in [3.05, 3.63) is 59.5 Å². The summed E-state index contributed by atoms with van der Waals surface area (Å²) >= 11 is 0. The predicted molar refractivity (Wildman–Crippen MR) is 100 cm³/mol. The van der Waals surface area contributed by atoms with Crippen LogP contribution in [0.15, 0.2) is 42.6 Å². The zero-order chi connectivity index (χ0) is 17.5. The third-order valence-electron chi connectivity index (χ3n) is 5.63. The number of rotatable bonds is 3. The third-order valence-corrected chi connectivity index (χ3v) is 5.63. The van der Waals surface area contributed by atoms with Gasteiger partial charge in [0.2, 0.25) is 0 Å². The Kier molecular flexibility index (Phi) is 3.73. The number of carbonyl (C=O) groups excluding carboxylic acids is 1. The molecule has 1 atom stereocenters. The van der Waals surface area contributed by atoms with Gasteiger partial charge < -0.3 is 4.90 Å². The molecule has 5 heteroatoms. The normalized spacial score (nSPS) is 20.5. The Hall–Kier alpha value is -2.69. The second kappa shape index (κ2) is 6.24. The van der Waals surface area contributed by atoms with Crippen LogP contribution in [0.25, 0.3) is 10.9 Å².